The van der Waals surface area contributed by atoms with Crippen molar-refractivity contribution in [3.8, 4) is 5.75 Å². The lowest BCUT2D eigenvalue weighted by Gasteiger charge is -2.38. The number of halogens is 1. The quantitative estimate of drug-likeness (QED) is 0.414. The highest BCUT2D eigenvalue weighted by atomic mass is 79.9. The third-order valence-corrected chi connectivity index (χ3v) is 4.42. The molecule has 0 aromatic heterocycles. The van der Waals surface area contributed by atoms with Crippen LogP contribution >= 0.6 is 15.9 Å². The van der Waals surface area contributed by atoms with Crippen molar-refractivity contribution in [2.75, 3.05) is 0 Å². The van der Waals surface area contributed by atoms with Gasteiger partial charge in [-0.15, -0.1) is 0 Å². The molecule has 1 saturated carbocycles. The maximum absolute atomic E-state index is 8.75. The molecule has 3 rings (SSSR count). The largest absolute Gasteiger partial charge is 0.487 e. The van der Waals surface area contributed by atoms with Crippen LogP contribution in [0.3, 0.4) is 0 Å². The van der Waals surface area contributed by atoms with E-state index in [0.717, 1.165) is 35.0 Å². The first-order chi connectivity index (χ1) is 8.72. The summed E-state index contributed by atoms with van der Waals surface area (Å²) < 4.78 is 7.20. The molecule has 2 aliphatic rings. The van der Waals surface area contributed by atoms with Gasteiger partial charge >= 0.3 is 0 Å². The van der Waals surface area contributed by atoms with Crippen molar-refractivity contribution < 1.29 is 4.74 Å². The molecule has 0 amide bonds. The minimum atomic E-state index is -0.102. The Morgan fingerprint density at radius 3 is 2.89 bits per heavy atom. The Morgan fingerprint density at radius 1 is 1.39 bits per heavy atom. The molecular formula is C13H14BrN3O. The smallest absolute Gasteiger partial charge is 0.123 e. The van der Waals surface area contributed by atoms with Gasteiger partial charge in [0.2, 0.25) is 0 Å². The topological polar surface area (TPSA) is 58.0 Å². The van der Waals surface area contributed by atoms with Gasteiger partial charge in [-0.05, 0) is 55.8 Å². The molecule has 1 heterocycles. The van der Waals surface area contributed by atoms with Crippen molar-refractivity contribution in [3.63, 3.8) is 0 Å². The molecule has 4 nitrogen and oxygen atoms in total. The van der Waals surface area contributed by atoms with Crippen LogP contribution in [0.15, 0.2) is 27.8 Å². The van der Waals surface area contributed by atoms with Gasteiger partial charge in [-0.25, -0.2) is 0 Å². The third-order valence-electron chi connectivity index (χ3n) is 3.93. The molecule has 0 saturated heterocycles. The molecule has 5 heteroatoms. The summed E-state index contributed by atoms with van der Waals surface area (Å²) >= 11 is 3.45. The summed E-state index contributed by atoms with van der Waals surface area (Å²) in [5.74, 6) is 0.878. The van der Waals surface area contributed by atoms with E-state index in [4.69, 9.17) is 10.3 Å². The summed E-state index contributed by atoms with van der Waals surface area (Å²) in [5, 5.41) is 3.96. The van der Waals surface area contributed by atoms with Crippen molar-refractivity contribution in [3.05, 3.63) is 38.7 Å². The molecule has 94 valence electrons. The summed E-state index contributed by atoms with van der Waals surface area (Å²) in [5.41, 5.74) is 9.65. The van der Waals surface area contributed by atoms with Crippen LogP contribution in [0.4, 0.5) is 0 Å². The molecular weight excluding hydrogens is 294 g/mol. The second-order valence-corrected chi connectivity index (χ2v) is 6.01. The normalized spacial score (nSPS) is 24.2. The second kappa shape index (κ2) is 4.48. The zero-order valence-corrected chi connectivity index (χ0v) is 11.6. The monoisotopic (exact) mass is 307 g/mol. The molecule has 0 bridgehead atoms. The molecule has 1 aliphatic heterocycles. The van der Waals surface area contributed by atoms with Crippen molar-refractivity contribution in [1.29, 1.82) is 0 Å². The fraction of sp³-hybridized carbons (Fsp3) is 0.538. The Bertz CT molecular complexity index is 519. The van der Waals surface area contributed by atoms with Crippen molar-refractivity contribution in [2.24, 2.45) is 5.11 Å². The van der Waals surface area contributed by atoms with E-state index >= 15 is 0 Å². The molecule has 1 atom stereocenters. The Morgan fingerprint density at radius 2 is 2.17 bits per heavy atom. The van der Waals surface area contributed by atoms with Crippen molar-refractivity contribution in [1.82, 2.24) is 0 Å². The number of benzene rings is 1. The van der Waals surface area contributed by atoms with Crippen molar-refractivity contribution >= 4 is 15.9 Å². The minimum absolute atomic E-state index is 0.0975. The van der Waals surface area contributed by atoms with Crippen LogP contribution in [0, 0.1) is 0 Å². The lowest BCUT2D eigenvalue weighted by Crippen LogP contribution is -2.37. The predicted octanol–water partition coefficient (Wildman–Crippen LogP) is 4.90. The summed E-state index contributed by atoms with van der Waals surface area (Å²) in [6.45, 7) is 0. The minimum Gasteiger partial charge on any atom is -0.487 e. The van der Waals surface area contributed by atoms with Gasteiger partial charge in [0.1, 0.15) is 11.4 Å². The molecule has 0 N–H and O–H groups in total. The van der Waals surface area contributed by atoms with Gasteiger partial charge in [0.05, 0.1) is 6.04 Å². The number of hydrogen-bond donors (Lipinski definition) is 0. The van der Waals surface area contributed by atoms with Gasteiger partial charge in [-0.2, -0.15) is 0 Å². The van der Waals surface area contributed by atoms with Crippen LogP contribution in [-0.4, -0.2) is 5.60 Å². The van der Waals surface area contributed by atoms with Gasteiger partial charge in [0.15, 0.2) is 0 Å². The third kappa shape index (κ3) is 1.98. The molecule has 0 radical (unpaired) electrons. The Labute approximate surface area is 114 Å². The standard InChI is InChI=1S/C13H14BrN3O/c14-9-3-4-12-10(7-9)11(16-17-15)8-13(18-12)5-1-2-6-13/h3-4,7,11H,1-2,5-6,8H2/t11-/m1/s1. The number of rotatable bonds is 1. The van der Waals surface area contributed by atoms with Crippen molar-refractivity contribution in [2.45, 2.75) is 43.7 Å². The number of fused-ring (bicyclic) bond motifs is 1. The molecule has 18 heavy (non-hydrogen) atoms. The van der Waals surface area contributed by atoms with Gasteiger partial charge in [0.25, 0.3) is 0 Å². The summed E-state index contributed by atoms with van der Waals surface area (Å²) in [6, 6.07) is 5.84. The van der Waals surface area contributed by atoms with Crippen LogP contribution in [0.1, 0.15) is 43.7 Å². The summed E-state index contributed by atoms with van der Waals surface area (Å²) in [6.07, 6.45) is 5.35. The molecule has 1 aromatic carbocycles. The number of nitrogens with zero attached hydrogens (tertiary/aromatic N) is 3. The van der Waals surface area contributed by atoms with Crippen LogP contribution in [-0.2, 0) is 0 Å². The van der Waals surface area contributed by atoms with Gasteiger partial charge in [-0.3, -0.25) is 0 Å². The summed E-state index contributed by atoms with van der Waals surface area (Å²) in [4.78, 5) is 3.00. The average molecular weight is 308 g/mol. The number of hydrogen-bond acceptors (Lipinski definition) is 2. The molecule has 0 unspecified atom stereocenters. The van der Waals surface area contributed by atoms with E-state index < -0.39 is 0 Å². The Kier molecular flexibility index (Phi) is 2.96. The van der Waals surface area contributed by atoms with Crippen LogP contribution in [0.5, 0.6) is 5.75 Å². The molecule has 1 aromatic rings. The Hall–Kier alpha value is -1.19. The highest BCUT2D eigenvalue weighted by molar-refractivity contribution is 9.10. The SMILES string of the molecule is [N-]=[N+]=N[C@@H]1CC2(CCCC2)Oc2ccc(Br)cc21. The number of azide groups is 1. The van der Waals surface area contributed by atoms with E-state index in [1.54, 1.807) is 0 Å². The molecule has 1 spiro atoms. The highest BCUT2D eigenvalue weighted by Crippen LogP contribution is 2.48. The fourth-order valence-electron chi connectivity index (χ4n) is 3.10. The lowest BCUT2D eigenvalue weighted by atomic mass is 9.86. The lowest BCUT2D eigenvalue weighted by molar-refractivity contribution is 0.0426. The van der Waals surface area contributed by atoms with E-state index in [-0.39, 0.29) is 11.6 Å². The first kappa shape index (κ1) is 11.9. The first-order valence-corrected chi connectivity index (χ1v) is 7.04. The molecule has 1 fully saturated rings. The van der Waals surface area contributed by atoms with E-state index in [9.17, 15) is 0 Å². The first-order valence-electron chi connectivity index (χ1n) is 6.25. The second-order valence-electron chi connectivity index (χ2n) is 5.10. The molecule has 1 aliphatic carbocycles. The zero-order chi connectivity index (χ0) is 12.6. The maximum Gasteiger partial charge on any atom is 0.123 e. The van der Waals surface area contributed by atoms with Gasteiger partial charge < -0.3 is 4.74 Å². The van der Waals surface area contributed by atoms with Crippen LogP contribution in [0.2, 0.25) is 0 Å². The summed E-state index contributed by atoms with van der Waals surface area (Å²) in [7, 11) is 0. The number of ether oxygens (including phenoxy) is 1. The zero-order valence-electron chi connectivity index (χ0n) is 9.97. The van der Waals surface area contributed by atoms with Crippen LogP contribution in [0.25, 0.3) is 10.4 Å². The van der Waals surface area contributed by atoms with Crippen LogP contribution < -0.4 is 4.74 Å². The predicted molar refractivity (Wildman–Crippen MR) is 72.5 cm³/mol. The van der Waals surface area contributed by atoms with E-state index in [1.807, 2.05) is 18.2 Å². The highest BCUT2D eigenvalue weighted by Gasteiger charge is 2.42. The average Bonchev–Trinajstić information content (AvgIpc) is 2.79. The fourth-order valence-corrected chi connectivity index (χ4v) is 3.48. The van der Waals surface area contributed by atoms with E-state index in [0.29, 0.717) is 0 Å². The van der Waals surface area contributed by atoms with Gasteiger partial charge in [0, 0.05) is 14.9 Å². The van der Waals surface area contributed by atoms with Gasteiger partial charge in [-0.1, -0.05) is 21.0 Å². The van der Waals surface area contributed by atoms with E-state index in [2.05, 4.69) is 26.0 Å². The Balaban J connectivity index is 2.04. The maximum atomic E-state index is 8.75. The van der Waals surface area contributed by atoms with E-state index in [1.165, 1.54) is 12.8 Å².